The van der Waals surface area contributed by atoms with E-state index in [4.69, 9.17) is 0 Å². The van der Waals surface area contributed by atoms with Gasteiger partial charge in [-0.1, -0.05) is 60.1 Å². The molecule has 0 amide bonds. The van der Waals surface area contributed by atoms with Crippen LogP contribution in [0.3, 0.4) is 0 Å². The Bertz CT molecular complexity index is 246. The smallest absolute Gasteiger partial charge is 0.0167 e. The van der Waals surface area contributed by atoms with E-state index < -0.39 is 0 Å². The van der Waals surface area contributed by atoms with Gasteiger partial charge in [0.15, 0.2) is 0 Å². The summed E-state index contributed by atoms with van der Waals surface area (Å²) >= 11 is 0. The van der Waals surface area contributed by atoms with Gasteiger partial charge >= 0.3 is 0 Å². The average Bonchev–Trinajstić information content (AvgIpc) is 1.76. The van der Waals surface area contributed by atoms with Crippen LogP contribution in [0.1, 0.15) is 61.3 Å². The van der Waals surface area contributed by atoms with E-state index in [2.05, 4.69) is 54.5 Å². The Labute approximate surface area is 89.8 Å². The van der Waals surface area contributed by atoms with Crippen LogP contribution < -0.4 is 0 Å². The second-order valence-corrected chi connectivity index (χ2v) is 7.43. The number of rotatable bonds is 0. The molecule has 0 spiro atoms. The van der Waals surface area contributed by atoms with Crippen molar-refractivity contribution in [3.8, 4) is 0 Å². The molecular formula is C14H26. The number of hydrogen-bond acceptors (Lipinski definition) is 0. The first-order valence-electron chi connectivity index (χ1n) is 5.74. The summed E-state index contributed by atoms with van der Waals surface area (Å²) < 4.78 is 0. The SMILES string of the molecule is CC1(C)C=C(C(C)(C)C)CC(C)(C)C1. The van der Waals surface area contributed by atoms with Crippen LogP contribution in [0.15, 0.2) is 11.6 Å². The van der Waals surface area contributed by atoms with E-state index in [-0.39, 0.29) is 0 Å². The largest absolute Gasteiger partial charge is 0.0791 e. The molecule has 0 N–H and O–H groups in total. The van der Waals surface area contributed by atoms with Crippen molar-refractivity contribution >= 4 is 0 Å². The molecule has 0 fully saturated rings. The molecule has 0 heterocycles. The fraction of sp³-hybridized carbons (Fsp3) is 0.857. The molecule has 1 aliphatic carbocycles. The molecule has 0 saturated carbocycles. The van der Waals surface area contributed by atoms with Crippen LogP contribution in [-0.2, 0) is 0 Å². The Hall–Kier alpha value is -0.260. The van der Waals surface area contributed by atoms with Gasteiger partial charge in [0.2, 0.25) is 0 Å². The van der Waals surface area contributed by atoms with Crippen molar-refractivity contribution in [2.75, 3.05) is 0 Å². The Kier molecular flexibility index (Phi) is 2.63. The minimum absolute atomic E-state index is 0.342. The molecule has 0 aromatic carbocycles. The first-order chi connectivity index (χ1) is 6.02. The molecule has 14 heavy (non-hydrogen) atoms. The van der Waals surface area contributed by atoms with Crippen LogP contribution in [0.5, 0.6) is 0 Å². The van der Waals surface area contributed by atoms with Crippen LogP contribution in [0.2, 0.25) is 0 Å². The van der Waals surface area contributed by atoms with Crippen molar-refractivity contribution < 1.29 is 0 Å². The first kappa shape index (κ1) is 11.8. The monoisotopic (exact) mass is 194 g/mol. The summed E-state index contributed by atoms with van der Waals surface area (Å²) in [6, 6.07) is 0. The van der Waals surface area contributed by atoms with Gasteiger partial charge in [0.25, 0.3) is 0 Å². The predicted molar refractivity (Wildman–Crippen MR) is 64.3 cm³/mol. The molecule has 0 heteroatoms. The molecule has 1 aliphatic rings. The van der Waals surface area contributed by atoms with E-state index in [1.807, 2.05) is 0 Å². The van der Waals surface area contributed by atoms with Gasteiger partial charge in [0.05, 0.1) is 0 Å². The predicted octanol–water partition coefficient (Wildman–Crippen LogP) is 4.81. The van der Waals surface area contributed by atoms with Gasteiger partial charge in [-0.05, 0) is 29.1 Å². The normalized spacial score (nSPS) is 25.8. The zero-order valence-corrected chi connectivity index (χ0v) is 11.0. The van der Waals surface area contributed by atoms with Gasteiger partial charge in [0, 0.05) is 0 Å². The molecule has 0 radical (unpaired) electrons. The highest BCUT2D eigenvalue weighted by atomic mass is 14.4. The van der Waals surface area contributed by atoms with Crippen molar-refractivity contribution in [2.24, 2.45) is 16.2 Å². The summed E-state index contributed by atoms with van der Waals surface area (Å²) in [4.78, 5) is 0. The van der Waals surface area contributed by atoms with Crippen molar-refractivity contribution in [2.45, 2.75) is 61.3 Å². The standard InChI is InChI=1S/C14H26/c1-12(2,3)11-8-13(4,5)10-14(6,7)9-11/h8H,9-10H2,1-7H3. The summed E-state index contributed by atoms with van der Waals surface area (Å²) in [5.74, 6) is 0. The molecule has 0 aliphatic heterocycles. The minimum Gasteiger partial charge on any atom is -0.0791 e. The quantitative estimate of drug-likeness (QED) is 0.486. The highest BCUT2D eigenvalue weighted by Crippen LogP contribution is 2.48. The van der Waals surface area contributed by atoms with Crippen molar-refractivity contribution in [3.63, 3.8) is 0 Å². The third-order valence-corrected chi connectivity index (χ3v) is 3.13. The second kappa shape index (κ2) is 3.12. The van der Waals surface area contributed by atoms with Crippen molar-refractivity contribution in [3.05, 3.63) is 11.6 Å². The Morgan fingerprint density at radius 2 is 1.57 bits per heavy atom. The third-order valence-electron chi connectivity index (χ3n) is 3.13. The topological polar surface area (TPSA) is 0 Å². The highest BCUT2D eigenvalue weighted by molar-refractivity contribution is 5.20. The average molecular weight is 194 g/mol. The summed E-state index contributed by atoms with van der Waals surface area (Å²) in [7, 11) is 0. The lowest BCUT2D eigenvalue weighted by Gasteiger charge is -2.43. The summed E-state index contributed by atoms with van der Waals surface area (Å²) in [5, 5.41) is 0. The van der Waals surface area contributed by atoms with Crippen LogP contribution >= 0.6 is 0 Å². The first-order valence-corrected chi connectivity index (χ1v) is 5.74. The maximum Gasteiger partial charge on any atom is -0.0167 e. The maximum atomic E-state index is 2.51. The molecule has 0 bridgehead atoms. The fourth-order valence-electron chi connectivity index (χ4n) is 2.87. The van der Waals surface area contributed by atoms with Crippen LogP contribution in [0, 0.1) is 16.2 Å². The third kappa shape index (κ3) is 2.87. The molecule has 0 aromatic rings. The van der Waals surface area contributed by atoms with Gasteiger partial charge in [0.1, 0.15) is 0 Å². The molecule has 0 unspecified atom stereocenters. The molecule has 0 nitrogen and oxygen atoms in total. The summed E-state index contributed by atoms with van der Waals surface area (Å²) in [5.41, 5.74) is 2.83. The van der Waals surface area contributed by atoms with Gasteiger partial charge in [-0.15, -0.1) is 0 Å². The maximum absolute atomic E-state index is 2.51. The van der Waals surface area contributed by atoms with Crippen LogP contribution in [0.4, 0.5) is 0 Å². The Balaban J connectivity index is 3.03. The molecule has 82 valence electrons. The van der Waals surface area contributed by atoms with E-state index in [0.29, 0.717) is 16.2 Å². The Morgan fingerprint density at radius 3 is 1.93 bits per heavy atom. The van der Waals surface area contributed by atoms with Crippen molar-refractivity contribution in [1.82, 2.24) is 0 Å². The van der Waals surface area contributed by atoms with Crippen LogP contribution in [0.25, 0.3) is 0 Å². The highest BCUT2D eigenvalue weighted by Gasteiger charge is 2.36. The molecule has 0 aromatic heterocycles. The van der Waals surface area contributed by atoms with E-state index in [9.17, 15) is 0 Å². The van der Waals surface area contributed by atoms with E-state index in [1.54, 1.807) is 5.57 Å². The number of hydrogen-bond donors (Lipinski definition) is 0. The lowest BCUT2D eigenvalue weighted by molar-refractivity contribution is 0.197. The van der Waals surface area contributed by atoms with Gasteiger partial charge < -0.3 is 0 Å². The zero-order valence-electron chi connectivity index (χ0n) is 11.0. The second-order valence-electron chi connectivity index (χ2n) is 7.43. The van der Waals surface area contributed by atoms with E-state index in [1.165, 1.54) is 12.8 Å². The van der Waals surface area contributed by atoms with Crippen molar-refractivity contribution in [1.29, 1.82) is 0 Å². The van der Waals surface area contributed by atoms with Gasteiger partial charge in [-0.2, -0.15) is 0 Å². The summed E-state index contributed by atoms with van der Waals surface area (Å²) in [6.07, 6.45) is 5.08. The molecule has 1 rings (SSSR count). The molecule has 0 atom stereocenters. The summed E-state index contributed by atoms with van der Waals surface area (Å²) in [6.45, 7) is 16.5. The molecular weight excluding hydrogens is 168 g/mol. The fourth-order valence-corrected chi connectivity index (χ4v) is 2.87. The zero-order chi connectivity index (χ0) is 11.2. The minimum atomic E-state index is 0.342. The van der Waals surface area contributed by atoms with Gasteiger partial charge in [-0.25, -0.2) is 0 Å². The van der Waals surface area contributed by atoms with E-state index >= 15 is 0 Å². The van der Waals surface area contributed by atoms with Gasteiger partial charge in [-0.3, -0.25) is 0 Å². The lowest BCUT2D eigenvalue weighted by atomic mass is 9.62. The lowest BCUT2D eigenvalue weighted by Crippen LogP contribution is -2.30. The Morgan fingerprint density at radius 1 is 1.07 bits per heavy atom. The molecule has 0 saturated heterocycles. The van der Waals surface area contributed by atoms with Crippen LogP contribution in [-0.4, -0.2) is 0 Å². The number of allylic oxidation sites excluding steroid dienone is 2. The van der Waals surface area contributed by atoms with E-state index in [0.717, 1.165) is 0 Å².